The minimum atomic E-state index is -0.438. The number of β-amino-alcohol motifs (C(OH)–C–C–N with tert-alkyl or cyclic N) is 1. The Morgan fingerprint density at radius 1 is 1.10 bits per heavy atom. The van der Waals surface area contributed by atoms with Gasteiger partial charge >= 0.3 is 0 Å². The molecule has 156 valence electrons. The van der Waals surface area contributed by atoms with Crippen LogP contribution in [0.15, 0.2) is 54.6 Å². The summed E-state index contributed by atoms with van der Waals surface area (Å²) in [5.74, 6) is -0.351. The number of amides is 2. The normalized spacial score (nSPS) is 19.1. The first kappa shape index (κ1) is 22.9. The van der Waals surface area contributed by atoms with Crippen molar-refractivity contribution in [3.8, 4) is 0 Å². The molecule has 3 rings (SSSR count). The van der Waals surface area contributed by atoms with Gasteiger partial charge in [0.1, 0.15) is 0 Å². The number of carbonyl (C=O) groups excluding carboxylic acids is 2. The molecule has 1 aliphatic rings. The largest absolute Gasteiger partial charge is 0.391 e. The summed E-state index contributed by atoms with van der Waals surface area (Å²) in [6, 6.07) is 16.4. The molecule has 1 heterocycles. The number of carbonyl (C=O) groups is 2. The Labute approximate surface area is 177 Å². The van der Waals surface area contributed by atoms with Gasteiger partial charge in [0.15, 0.2) is 0 Å². The van der Waals surface area contributed by atoms with Crippen LogP contribution in [0.5, 0.6) is 0 Å². The molecule has 0 aromatic heterocycles. The number of benzene rings is 2. The Morgan fingerprint density at radius 3 is 2.41 bits per heavy atom. The van der Waals surface area contributed by atoms with Gasteiger partial charge in [0.05, 0.1) is 18.6 Å². The Bertz CT molecular complexity index is 799. The van der Waals surface area contributed by atoms with Crippen LogP contribution in [0, 0.1) is 12.8 Å². The summed E-state index contributed by atoms with van der Waals surface area (Å²) in [4.78, 5) is 25.1. The molecule has 2 amide bonds. The molecular formula is C22H28ClN3O3. The van der Waals surface area contributed by atoms with Gasteiger partial charge in [0, 0.05) is 31.1 Å². The van der Waals surface area contributed by atoms with Crippen molar-refractivity contribution in [2.45, 2.75) is 25.5 Å². The SMILES string of the molecule is Cc1ccc(C(=O)NC(CC(=O)NCC2CNCC2O)c2ccccc2)cc1.Cl. The smallest absolute Gasteiger partial charge is 0.251 e. The second-order valence-electron chi connectivity index (χ2n) is 7.30. The third-order valence-electron chi connectivity index (χ3n) is 5.08. The van der Waals surface area contributed by atoms with E-state index in [9.17, 15) is 14.7 Å². The zero-order chi connectivity index (χ0) is 19.9. The number of aliphatic hydroxyl groups is 1. The van der Waals surface area contributed by atoms with Gasteiger partial charge in [0.25, 0.3) is 5.91 Å². The maximum atomic E-state index is 12.6. The Kier molecular flexibility index (Phi) is 8.64. The van der Waals surface area contributed by atoms with Crippen molar-refractivity contribution < 1.29 is 14.7 Å². The summed E-state index contributed by atoms with van der Waals surface area (Å²) in [7, 11) is 0. The monoisotopic (exact) mass is 417 g/mol. The van der Waals surface area contributed by atoms with Gasteiger partial charge in [-0.15, -0.1) is 12.4 Å². The molecule has 0 spiro atoms. The minimum Gasteiger partial charge on any atom is -0.391 e. The Morgan fingerprint density at radius 2 is 1.79 bits per heavy atom. The second-order valence-corrected chi connectivity index (χ2v) is 7.30. The van der Waals surface area contributed by atoms with Crippen molar-refractivity contribution in [3.05, 3.63) is 71.3 Å². The van der Waals surface area contributed by atoms with Crippen molar-refractivity contribution in [3.63, 3.8) is 0 Å². The molecule has 0 saturated carbocycles. The number of hydrogen-bond acceptors (Lipinski definition) is 4. The van der Waals surface area contributed by atoms with Crippen LogP contribution in [-0.4, -0.2) is 42.7 Å². The average molecular weight is 418 g/mol. The highest BCUT2D eigenvalue weighted by Gasteiger charge is 2.26. The van der Waals surface area contributed by atoms with Crippen molar-refractivity contribution in [2.75, 3.05) is 19.6 Å². The van der Waals surface area contributed by atoms with E-state index in [-0.39, 0.29) is 36.6 Å². The van der Waals surface area contributed by atoms with Gasteiger partial charge in [-0.1, -0.05) is 48.0 Å². The number of halogens is 1. The molecule has 6 nitrogen and oxygen atoms in total. The van der Waals surface area contributed by atoms with Gasteiger partial charge in [-0.2, -0.15) is 0 Å². The van der Waals surface area contributed by atoms with Crippen molar-refractivity contribution in [1.29, 1.82) is 0 Å². The number of rotatable bonds is 7. The molecular weight excluding hydrogens is 390 g/mol. The average Bonchev–Trinajstić information content (AvgIpc) is 3.12. The number of aliphatic hydroxyl groups excluding tert-OH is 1. The standard InChI is InChI=1S/C22H27N3O3.ClH/c1-15-7-9-17(10-8-15)22(28)25-19(16-5-3-2-4-6-16)11-21(27)24-13-18-12-23-14-20(18)26;/h2-10,18-20,23,26H,11-14H2,1H3,(H,24,27)(H,25,28);1H. The van der Waals surface area contributed by atoms with E-state index in [1.807, 2.05) is 49.4 Å². The molecule has 29 heavy (non-hydrogen) atoms. The minimum absolute atomic E-state index is 0. The summed E-state index contributed by atoms with van der Waals surface area (Å²) in [5.41, 5.74) is 2.52. The summed E-state index contributed by atoms with van der Waals surface area (Å²) in [6.07, 6.45) is -0.302. The van der Waals surface area contributed by atoms with Crippen LogP contribution in [0.25, 0.3) is 0 Å². The van der Waals surface area contributed by atoms with Crippen LogP contribution < -0.4 is 16.0 Å². The first-order valence-electron chi connectivity index (χ1n) is 9.61. The van der Waals surface area contributed by atoms with Crippen molar-refractivity contribution in [2.24, 2.45) is 5.92 Å². The molecule has 0 bridgehead atoms. The van der Waals surface area contributed by atoms with Gasteiger partial charge in [-0.05, 0) is 24.6 Å². The molecule has 2 aromatic rings. The fourth-order valence-corrected chi connectivity index (χ4v) is 3.31. The Hall–Kier alpha value is -2.41. The van der Waals surface area contributed by atoms with Crippen LogP contribution in [0.1, 0.15) is 33.9 Å². The van der Waals surface area contributed by atoms with E-state index in [1.165, 1.54) is 0 Å². The maximum absolute atomic E-state index is 12.6. The van der Waals surface area contributed by atoms with Gasteiger partial charge in [-0.3, -0.25) is 9.59 Å². The van der Waals surface area contributed by atoms with Gasteiger partial charge < -0.3 is 21.1 Å². The van der Waals surface area contributed by atoms with Crippen molar-refractivity contribution >= 4 is 24.2 Å². The molecule has 1 saturated heterocycles. The van der Waals surface area contributed by atoms with E-state index in [0.29, 0.717) is 25.2 Å². The molecule has 0 radical (unpaired) electrons. The second kappa shape index (κ2) is 11.0. The molecule has 1 fully saturated rings. The molecule has 1 aliphatic heterocycles. The van der Waals surface area contributed by atoms with Gasteiger partial charge in [-0.25, -0.2) is 0 Å². The van der Waals surface area contributed by atoms with E-state index in [2.05, 4.69) is 16.0 Å². The van der Waals surface area contributed by atoms with Crippen LogP contribution in [0.4, 0.5) is 0 Å². The summed E-state index contributed by atoms with van der Waals surface area (Å²) in [5, 5.41) is 18.8. The van der Waals surface area contributed by atoms with Crippen LogP contribution in [0.2, 0.25) is 0 Å². The molecule has 3 unspecified atom stereocenters. The first-order chi connectivity index (χ1) is 13.5. The molecule has 4 N–H and O–H groups in total. The number of nitrogens with one attached hydrogen (secondary N) is 3. The third-order valence-corrected chi connectivity index (χ3v) is 5.08. The summed E-state index contributed by atoms with van der Waals surface area (Å²) >= 11 is 0. The summed E-state index contributed by atoms with van der Waals surface area (Å²) < 4.78 is 0. The topological polar surface area (TPSA) is 90.5 Å². The van der Waals surface area contributed by atoms with E-state index in [0.717, 1.165) is 11.1 Å². The molecule has 3 atom stereocenters. The predicted molar refractivity (Wildman–Crippen MR) is 115 cm³/mol. The summed E-state index contributed by atoms with van der Waals surface area (Å²) in [6.45, 7) is 3.63. The highest BCUT2D eigenvalue weighted by atomic mass is 35.5. The lowest BCUT2D eigenvalue weighted by atomic mass is 10.0. The first-order valence-corrected chi connectivity index (χ1v) is 9.61. The number of hydrogen-bond donors (Lipinski definition) is 4. The highest BCUT2D eigenvalue weighted by Crippen LogP contribution is 2.18. The quantitative estimate of drug-likeness (QED) is 0.554. The van der Waals surface area contributed by atoms with Crippen LogP contribution in [-0.2, 0) is 4.79 Å². The zero-order valence-electron chi connectivity index (χ0n) is 16.4. The molecule has 7 heteroatoms. The van der Waals surface area contributed by atoms with E-state index in [4.69, 9.17) is 0 Å². The predicted octanol–water partition coefficient (Wildman–Crippen LogP) is 1.97. The molecule has 2 aromatic carbocycles. The van der Waals surface area contributed by atoms with Crippen LogP contribution in [0.3, 0.4) is 0 Å². The van der Waals surface area contributed by atoms with E-state index >= 15 is 0 Å². The van der Waals surface area contributed by atoms with Crippen LogP contribution >= 0.6 is 12.4 Å². The maximum Gasteiger partial charge on any atom is 0.251 e. The highest BCUT2D eigenvalue weighted by molar-refractivity contribution is 5.94. The lowest BCUT2D eigenvalue weighted by Gasteiger charge is -2.20. The Balaban J connectivity index is 0.00000300. The number of aryl methyl sites for hydroxylation is 1. The fraction of sp³-hybridized carbons (Fsp3) is 0.364. The lowest BCUT2D eigenvalue weighted by molar-refractivity contribution is -0.121. The molecule has 0 aliphatic carbocycles. The van der Waals surface area contributed by atoms with Crippen molar-refractivity contribution in [1.82, 2.24) is 16.0 Å². The van der Waals surface area contributed by atoms with E-state index < -0.39 is 12.1 Å². The third kappa shape index (κ3) is 6.56. The fourth-order valence-electron chi connectivity index (χ4n) is 3.31. The lowest BCUT2D eigenvalue weighted by Crippen LogP contribution is -2.37. The van der Waals surface area contributed by atoms with Gasteiger partial charge in [0.2, 0.25) is 5.91 Å². The zero-order valence-corrected chi connectivity index (χ0v) is 17.2. The van der Waals surface area contributed by atoms with E-state index in [1.54, 1.807) is 12.1 Å².